The van der Waals surface area contributed by atoms with E-state index in [1.54, 1.807) is 20.8 Å². The van der Waals surface area contributed by atoms with Gasteiger partial charge in [0, 0.05) is 0 Å². The van der Waals surface area contributed by atoms with Crippen molar-refractivity contribution in [2.75, 3.05) is 0 Å². The number of nitrogens with zero attached hydrogens (tertiary/aromatic N) is 4. The zero-order chi connectivity index (χ0) is 9.90. The van der Waals surface area contributed by atoms with Crippen molar-refractivity contribution in [3.63, 3.8) is 0 Å². The first-order valence-electron chi connectivity index (χ1n) is 3.81. The Morgan fingerprint density at radius 1 is 1.54 bits per heavy atom. The van der Waals surface area contributed by atoms with Crippen molar-refractivity contribution >= 4 is 5.97 Å². The van der Waals surface area contributed by atoms with E-state index in [9.17, 15) is 4.79 Å². The lowest BCUT2D eigenvalue weighted by Crippen LogP contribution is -2.24. The van der Waals surface area contributed by atoms with Crippen LogP contribution >= 0.6 is 0 Å². The Labute approximate surface area is 75.9 Å². The number of carbonyl (C=O) groups excluding carboxylic acids is 1. The highest BCUT2D eigenvalue weighted by molar-refractivity contribution is 5.75. The molecule has 6 nitrogen and oxygen atoms in total. The van der Waals surface area contributed by atoms with Gasteiger partial charge in [-0.1, -0.05) is 0 Å². The van der Waals surface area contributed by atoms with E-state index in [1.807, 2.05) is 0 Å². The SMILES string of the molecule is CC(C)(C)C(=O)OCn1n[c]nn1. The van der Waals surface area contributed by atoms with Crippen LogP contribution in [0.4, 0.5) is 0 Å². The normalized spacial score (nSPS) is 11.3. The molecule has 0 amide bonds. The van der Waals surface area contributed by atoms with Crippen LogP contribution < -0.4 is 0 Å². The lowest BCUT2D eigenvalue weighted by atomic mass is 9.98. The molecule has 1 aromatic heterocycles. The smallest absolute Gasteiger partial charge is 0.313 e. The minimum Gasteiger partial charge on any atom is -0.440 e. The third-order valence-corrected chi connectivity index (χ3v) is 1.28. The van der Waals surface area contributed by atoms with E-state index >= 15 is 0 Å². The quantitative estimate of drug-likeness (QED) is 0.604. The molecule has 0 N–H and O–H groups in total. The second-order valence-corrected chi connectivity index (χ2v) is 3.57. The fraction of sp³-hybridized carbons (Fsp3) is 0.714. The first-order chi connectivity index (χ1) is 6.00. The first kappa shape index (κ1) is 9.63. The Kier molecular flexibility index (Phi) is 2.60. The number of hydrogen-bond donors (Lipinski definition) is 0. The van der Waals surface area contributed by atoms with Crippen LogP contribution in [-0.4, -0.2) is 26.2 Å². The average Bonchev–Trinajstić information content (AvgIpc) is 2.50. The molecule has 0 unspecified atom stereocenters. The predicted molar refractivity (Wildman–Crippen MR) is 42.2 cm³/mol. The van der Waals surface area contributed by atoms with Crippen molar-refractivity contribution < 1.29 is 9.53 Å². The molecule has 1 radical (unpaired) electrons. The Morgan fingerprint density at radius 3 is 2.69 bits per heavy atom. The first-order valence-corrected chi connectivity index (χ1v) is 3.81. The zero-order valence-corrected chi connectivity index (χ0v) is 7.81. The number of ether oxygens (including phenoxy) is 1. The third kappa shape index (κ3) is 2.81. The molecule has 6 heteroatoms. The summed E-state index contributed by atoms with van der Waals surface area (Å²) in [7, 11) is 0. The fourth-order valence-corrected chi connectivity index (χ4v) is 0.551. The largest absolute Gasteiger partial charge is 0.440 e. The topological polar surface area (TPSA) is 69.9 Å². The Morgan fingerprint density at radius 2 is 2.23 bits per heavy atom. The average molecular weight is 183 g/mol. The zero-order valence-electron chi connectivity index (χ0n) is 7.81. The molecule has 1 heterocycles. The highest BCUT2D eigenvalue weighted by Crippen LogP contribution is 2.14. The van der Waals surface area contributed by atoms with E-state index in [4.69, 9.17) is 4.74 Å². The van der Waals surface area contributed by atoms with Crippen molar-refractivity contribution in [3.05, 3.63) is 6.33 Å². The van der Waals surface area contributed by atoms with Gasteiger partial charge >= 0.3 is 5.97 Å². The number of hydrogen-bond acceptors (Lipinski definition) is 5. The van der Waals surface area contributed by atoms with Crippen LogP contribution in [0.1, 0.15) is 20.8 Å². The predicted octanol–water partition coefficient (Wildman–Crippen LogP) is 0.0201. The number of carbonyl (C=O) groups is 1. The standard InChI is InChI=1S/C7H11N4O2/c1-7(2,3)6(12)13-5-11-9-4-8-10-11/h5H2,1-3H3. The van der Waals surface area contributed by atoms with Gasteiger partial charge in [0.2, 0.25) is 13.1 Å². The van der Waals surface area contributed by atoms with E-state index < -0.39 is 5.41 Å². The molecule has 0 aliphatic heterocycles. The molecule has 13 heavy (non-hydrogen) atoms. The van der Waals surface area contributed by atoms with Gasteiger partial charge in [0.1, 0.15) is 0 Å². The molecule has 1 aromatic rings. The van der Waals surface area contributed by atoms with Crippen molar-refractivity contribution in [1.82, 2.24) is 20.2 Å². The molecule has 0 spiro atoms. The Balaban J connectivity index is 2.40. The van der Waals surface area contributed by atoms with Gasteiger partial charge in [-0.05, 0) is 26.0 Å². The number of tetrazole rings is 1. The fourth-order valence-electron chi connectivity index (χ4n) is 0.551. The minimum atomic E-state index is -0.510. The molecule has 0 aliphatic rings. The van der Waals surface area contributed by atoms with E-state index in [0.717, 1.165) is 4.80 Å². The van der Waals surface area contributed by atoms with Crippen molar-refractivity contribution in [3.8, 4) is 0 Å². The monoisotopic (exact) mass is 183 g/mol. The molecule has 0 saturated heterocycles. The molecular weight excluding hydrogens is 172 g/mol. The molecule has 0 aliphatic carbocycles. The van der Waals surface area contributed by atoms with Gasteiger partial charge in [-0.15, -0.1) is 15.0 Å². The summed E-state index contributed by atoms with van der Waals surface area (Å²) in [6, 6.07) is 0. The summed E-state index contributed by atoms with van der Waals surface area (Å²) >= 11 is 0. The van der Waals surface area contributed by atoms with Gasteiger partial charge in [-0.2, -0.15) is 0 Å². The summed E-state index contributed by atoms with van der Waals surface area (Å²) < 4.78 is 4.89. The lowest BCUT2D eigenvalue weighted by molar-refractivity contribution is -0.157. The summed E-state index contributed by atoms with van der Waals surface area (Å²) in [5.41, 5.74) is -0.510. The second kappa shape index (κ2) is 3.51. The van der Waals surface area contributed by atoms with E-state index in [1.165, 1.54) is 0 Å². The van der Waals surface area contributed by atoms with Crippen molar-refractivity contribution in [1.29, 1.82) is 0 Å². The maximum Gasteiger partial charge on any atom is 0.313 e. The lowest BCUT2D eigenvalue weighted by Gasteiger charge is -2.15. The second-order valence-electron chi connectivity index (χ2n) is 3.57. The van der Waals surface area contributed by atoms with Crippen LogP contribution in [0.15, 0.2) is 0 Å². The van der Waals surface area contributed by atoms with Gasteiger partial charge in [-0.25, -0.2) is 0 Å². The molecular formula is C7H11N4O2. The molecule has 0 fully saturated rings. The molecule has 0 saturated carbocycles. The van der Waals surface area contributed by atoms with Crippen molar-refractivity contribution in [2.24, 2.45) is 5.41 Å². The summed E-state index contributed by atoms with van der Waals surface area (Å²) in [5.74, 6) is -0.301. The van der Waals surface area contributed by atoms with Crippen LogP contribution in [0.2, 0.25) is 0 Å². The molecule has 1 rings (SSSR count). The third-order valence-electron chi connectivity index (χ3n) is 1.28. The van der Waals surface area contributed by atoms with E-state index in [0.29, 0.717) is 0 Å². The molecule has 71 valence electrons. The van der Waals surface area contributed by atoms with E-state index in [-0.39, 0.29) is 12.7 Å². The highest BCUT2D eigenvalue weighted by Gasteiger charge is 2.23. The maximum absolute atomic E-state index is 11.2. The summed E-state index contributed by atoms with van der Waals surface area (Å²) in [5, 5.41) is 10.4. The van der Waals surface area contributed by atoms with Crippen LogP contribution in [0.5, 0.6) is 0 Å². The van der Waals surface area contributed by atoms with Crippen LogP contribution in [0, 0.1) is 11.7 Å². The number of rotatable bonds is 2. The Hall–Kier alpha value is -1.46. The van der Waals surface area contributed by atoms with E-state index in [2.05, 4.69) is 21.7 Å². The molecule has 0 aromatic carbocycles. The van der Waals surface area contributed by atoms with Crippen LogP contribution in [0.3, 0.4) is 0 Å². The van der Waals surface area contributed by atoms with Gasteiger partial charge < -0.3 is 4.74 Å². The van der Waals surface area contributed by atoms with Gasteiger partial charge in [0.05, 0.1) is 5.41 Å². The van der Waals surface area contributed by atoms with Gasteiger partial charge in [-0.3, -0.25) is 4.79 Å². The Bertz CT molecular complexity index is 275. The maximum atomic E-state index is 11.2. The van der Waals surface area contributed by atoms with Gasteiger partial charge in [0.15, 0.2) is 0 Å². The molecule has 0 atom stereocenters. The van der Waals surface area contributed by atoms with Crippen molar-refractivity contribution in [2.45, 2.75) is 27.5 Å². The van der Waals surface area contributed by atoms with Crippen LogP contribution in [-0.2, 0) is 16.3 Å². The molecule has 0 bridgehead atoms. The summed E-state index contributed by atoms with van der Waals surface area (Å²) in [6.45, 7) is 5.30. The number of aromatic nitrogens is 4. The minimum absolute atomic E-state index is 0.0212. The number of esters is 1. The summed E-state index contributed by atoms with van der Waals surface area (Å²) in [4.78, 5) is 12.4. The highest BCUT2D eigenvalue weighted by atomic mass is 16.5. The summed E-state index contributed by atoms with van der Waals surface area (Å²) in [6.07, 6.45) is 2.25. The van der Waals surface area contributed by atoms with Crippen LogP contribution in [0.25, 0.3) is 0 Å². The van der Waals surface area contributed by atoms with Gasteiger partial charge in [0.25, 0.3) is 0 Å².